The van der Waals surface area contributed by atoms with Crippen LogP contribution in [0.1, 0.15) is 32.4 Å². The van der Waals surface area contributed by atoms with Gasteiger partial charge in [-0.25, -0.2) is 9.78 Å². The second kappa shape index (κ2) is 7.06. The summed E-state index contributed by atoms with van der Waals surface area (Å²) in [6, 6.07) is 2.15. The number of aryl methyl sites for hydroxylation is 1. The number of ether oxygens (including phenoxy) is 1. The first-order valence-corrected chi connectivity index (χ1v) is 8.98. The molecular weight excluding hydrogens is 365 g/mol. The van der Waals surface area contributed by atoms with E-state index in [1.807, 2.05) is 6.92 Å². The van der Waals surface area contributed by atoms with E-state index in [4.69, 9.17) is 4.74 Å². The van der Waals surface area contributed by atoms with E-state index in [9.17, 15) is 26.4 Å². The van der Waals surface area contributed by atoms with Gasteiger partial charge in [0, 0.05) is 12.1 Å². The molecule has 1 aromatic rings. The van der Waals surface area contributed by atoms with Gasteiger partial charge in [0.1, 0.15) is 0 Å². The molecule has 0 bridgehead atoms. The lowest BCUT2D eigenvalue weighted by Crippen LogP contribution is -2.44. The van der Waals surface area contributed by atoms with Crippen LogP contribution in [0.4, 0.5) is 23.7 Å². The summed E-state index contributed by atoms with van der Waals surface area (Å²) in [6.07, 6.45) is 0.949. The Morgan fingerprint density at radius 2 is 2.04 bits per heavy atom. The van der Waals surface area contributed by atoms with Crippen molar-refractivity contribution in [2.45, 2.75) is 44.7 Å². The average Bonchev–Trinajstić information content (AvgIpc) is 2.52. The first-order chi connectivity index (χ1) is 11.6. The predicted molar refractivity (Wildman–Crippen MR) is 81.7 cm³/mol. The zero-order chi connectivity index (χ0) is 18.8. The number of rotatable bonds is 4. The van der Waals surface area contributed by atoms with Gasteiger partial charge in [-0.2, -0.15) is 21.6 Å². The fourth-order valence-electron chi connectivity index (χ4n) is 2.54. The maximum Gasteiger partial charge on any atom is 0.534 e. The van der Waals surface area contributed by atoms with Crippen molar-refractivity contribution in [2.75, 3.05) is 11.5 Å². The highest BCUT2D eigenvalue weighted by Gasteiger charge is 2.49. The number of pyridine rings is 1. The lowest BCUT2D eigenvalue weighted by molar-refractivity contribution is -0.0501. The molecule has 1 aliphatic rings. The number of anilines is 1. The molecule has 11 heteroatoms. The Balaban J connectivity index is 2.35. The summed E-state index contributed by atoms with van der Waals surface area (Å²) in [5.41, 5.74) is -4.91. The topological polar surface area (TPSA) is 85.8 Å². The lowest BCUT2D eigenvalue weighted by Gasteiger charge is -2.35. The molecule has 0 spiro atoms. The molecule has 140 valence electrons. The Labute approximate surface area is 142 Å². The van der Waals surface area contributed by atoms with Gasteiger partial charge in [0.15, 0.2) is 0 Å². The monoisotopic (exact) mass is 382 g/mol. The molecule has 0 aliphatic carbocycles. The zero-order valence-electron chi connectivity index (χ0n) is 13.5. The number of alkyl halides is 3. The van der Waals surface area contributed by atoms with Crippen molar-refractivity contribution >= 4 is 21.9 Å². The third-order valence-corrected chi connectivity index (χ3v) is 4.64. The maximum absolute atomic E-state index is 12.4. The highest BCUT2D eigenvalue weighted by atomic mass is 32.2. The fraction of sp³-hybridized carbons (Fsp3) is 0.571. The molecule has 2 rings (SSSR count). The van der Waals surface area contributed by atoms with Gasteiger partial charge in [-0.05, 0) is 32.3 Å². The number of aromatic nitrogens is 1. The third kappa shape index (κ3) is 3.97. The molecule has 0 aromatic carbocycles. The van der Waals surface area contributed by atoms with Crippen LogP contribution in [0.15, 0.2) is 12.1 Å². The number of nitrogens with zero attached hydrogens (tertiary/aromatic N) is 2. The van der Waals surface area contributed by atoms with Crippen LogP contribution in [0.25, 0.3) is 0 Å². The highest BCUT2D eigenvalue weighted by Crippen LogP contribution is 2.34. The summed E-state index contributed by atoms with van der Waals surface area (Å²) < 4.78 is 68.4. The highest BCUT2D eigenvalue weighted by molar-refractivity contribution is 7.87. The minimum atomic E-state index is -5.80. The van der Waals surface area contributed by atoms with Crippen molar-refractivity contribution < 1.29 is 35.3 Å². The van der Waals surface area contributed by atoms with Gasteiger partial charge in [0.05, 0.1) is 18.0 Å². The van der Waals surface area contributed by atoms with E-state index in [2.05, 4.69) is 9.17 Å². The average molecular weight is 382 g/mol. The van der Waals surface area contributed by atoms with Crippen molar-refractivity contribution in [1.82, 2.24) is 4.98 Å². The van der Waals surface area contributed by atoms with Gasteiger partial charge in [-0.3, -0.25) is 4.90 Å². The Morgan fingerprint density at radius 1 is 1.36 bits per heavy atom. The number of carbonyl (C=O) groups is 1. The van der Waals surface area contributed by atoms with Crippen LogP contribution in [-0.4, -0.2) is 37.7 Å². The minimum absolute atomic E-state index is 0.140. The van der Waals surface area contributed by atoms with Gasteiger partial charge in [-0.15, -0.1) is 0 Å². The van der Waals surface area contributed by atoms with Crippen LogP contribution in [0.3, 0.4) is 0 Å². The van der Waals surface area contributed by atoms with Crippen molar-refractivity contribution in [3.05, 3.63) is 17.8 Å². The van der Waals surface area contributed by atoms with E-state index in [1.54, 1.807) is 6.92 Å². The summed E-state index contributed by atoms with van der Waals surface area (Å²) in [5, 5.41) is 0. The number of carbonyl (C=O) groups excluding carboxylic acids is 1. The standard InChI is InChI=1S/C14H17F3N2O5S/c1-3-9-5-6-10-11(19(9)13(20)23-4-2)7-8-12(18-10)24-25(21,22)14(15,16)17/h7-9H,3-6H2,1-2H3. The summed E-state index contributed by atoms with van der Waals surface area (Å²) in [7, 11) is -5.80. The van der Waals surface area contributed by atoms with E-state index >= 15 is 0 Å². The second-order valence-electron chi connectivity index (χ2n) is 5.27. The normalized spacial score (nSPS) is 17.8. The summed E-state index contributed by atoms with van der Waals surface area (Å²) in [6.45, 7) is 3.71. The van der Waals surface area contributed by atoms with E-state index in [1.165, 1.54) is 11.0 Å². The fourth-order valence-corrected chi connectivity index (χ4v) is 2.95. The molecule has 0 fully saturated rings. The smallest absolute Gasteiger partial charge is 0.449 e. The molecule has 0 N–H and O–H groups in total. The first kappa shape index (κ1) is 19.3. The molecule has 25 heavy (non-hydrogen) atoms. The molecule has 1 aromatic heterocycles. The molecule has 2 heterocycles. The third-order valence-electron chi connectivity index (χ3n) is 3.68. The molecule has 1 atom stereocenters. The molecule has 1 aliphatic heterocycles. The van der Waals surface area contributed by atoms with Crippen LogP contribution in [-0.2, 0) is 21.3 Å². The van der Waals surface area contributed by atoms with Gasteiger partial charge in [-0.1, -0.05) is 6.92 Å². The molecule has 1 unspecified atom stereocenters. The summed E-state index contributed by atoms with van der Waals surface area (Å²) >= 11 is 0. The number of hydrogen-bond donors (Lipinski definition) is 0. The molecule has 0 radical (unpaired) electrons. The van der Waals surface area contributed by atoms with Crippen molar-refractivity contribution in [2.24, 2.45) is 0 Å². The van der Waals surface area contributed by atoms with Gasteiger partial charge < -0.3 is 8.92 Å². The second-order valence-corrected chi connectivity index (χ2v) is 6.81. The first-order valence-electron chi connectivity index (χ1n) is 7.57. The van der Waals surface area contributed by atoms with Gasteiger partial charge in [0.2, 0.25) is 5.88 Å². The Kier molecular flexibility index (Phi) is 5.45. The molecule has 1 amide bonds. The van der Waals surface area contributed by atoms with E-state index in [0.29, 0.717) is 24.9 Å². The molecule has 7 nitrogen and oxygen atoms in total. The van der Waals surface area contributed by atoms with Crippen molar-refractivity contribution in [3.8, 4) is 5.88 Å². The van der Waals surface area contributed by atoms with Crippen LogP contribution in [0.5, 0.6) is 5.88 Å². The van der Waals surface area contributed by atoms with Gasteiger partial charge in [0.25, 0.3) is 0 Å². The number of amides is 1. The Hall–Kier alpha value is -2.04. The van der Waals surface area contributed by atoms with Crippen LogP contribution in [0, 0.1) is 0 Å². The van der Waals surface area contributed by atoms with Crippen molar-refractivity contribution in [1.29, 1.82) is 0 Å². The number of fused-ring (bicyclic) bond motifs is 1. The largest absolute Gasteiger partial charge is 0.534 e. The molecule has 0 saturated heterocycles. The summed E-state index contributed by atoms with van der Waals surface area (Å²) in [4.78, 5) is 17.4. The van der Waals surface area contributed by atoms with E-state index in [-0.39, 0.29) is 18.3 Å². The SMILES string of the molecule is CCOC(=O)N1c2ccc(OS(=O)(=O)C(F)(F)F)nc2CCC1CC. The van der Waals surface area contributed by atoms with Crippen LogP contribution in [0.2, 0.25) is 0 Å². The zero-order valence-corrected chi connectivity index (χ0v) is 14.4. The Morgan fingerprint density at radius 3 is 2.60 bits per heavy atom. The van der Waals surface area contributed by atoms with Gasteiger partial charge >= 0.3 is 21.7 Å². The maximum atomic E-state index is 12.4. The quantitative estimate of drug-likeness (QED) is 0.588. The van der Waals surface area contributed by atoms with Crippen LogP contribution < -0.4 is 9.08 Å². The minimum Gasteiger partial charge on any atom is -0.449 e. The van der Waals surface area contributed by atoms with E-state index < -0.39 is 27.6 Å². The predicted octanol–water partition coefficient (Wildman–Crippen LogP) is 3.00. The molecular formula is C14H17F3N2O5S. The number of hydrogen-bond acceptors (Lipinski definition) is 6. The molecule has 0 saturated carbocycles. The Bertz CT molecular complexity index is 751. The van der Waals surface area contributed by atoms with E-state index in [0.717, 1.165) is 6.07 Å². The lowest BCUT2D eigenvalue weighted by atomic mass is 9.98. The summed E-state index contributed by atoms with van der Waals surface area (Å²) in [5.74, 6) is -0.699. The van der Waals surface area contributed by atoms with Crippen molar-refractivity contribution in [3.63, 3.8) is 0 Å². The van der Waals surface area contributed by atoms with Crippen LogP contribution >= 0.6 is 0 Å². The number of halogens is 3.